The van der Waals surface area contributed by atoms with Gasteiger partial charge in [-0.1, -0.05) is 42.5 Å². The van der Waals surface area contributed by atoms with Crippen molar-refractivity contribution in [1.29, 1.82) is 0 Å². The number of anilines is 3. The van der Waals surface area contributed by atoms with Gasteiger partial charge in [0.1, 0.15) is 12.4 Å². The lowest BCUT2D eigenvalue weighted by molar-refractivity contribution is -0.164. The van der Waals surface area contributed by atoms with E-state index in [1.165, 1.54) is 23.0 Å². The Kier molecular flexibility index (Phi) is 6.58. The molecule has 3 aromatic heterocycles. The number of rotatable bonds is 7. The Morgan fingerprint density at radius 1 is 1.21 bits per heavy atom. The number of allylic oxidation sites excluding steroid dienone is 2. The van der Waals surface area contributed by atoms with Gasteiger partial charge in [0.15, 0.2) is 22.5 Å². The Bertz CT molecular complexity index is 1590. The molecule has 10 nitrogen and oxygen atoms in total. The van der Waals surface area contributed by atoms with Crippen molar-refractivity contribution in [2.45, 2.75) is 45.1 Å². The van der Waals surface area contributed by atoms with Crippen molar-refractivity contribution in [2.75, 3.05) is 16.4 Å². The summed E-state index contributed by atoms with van der Waals surface area (Å²) in [6.07, 6.45) is 0.322. The van der Waals surface area contributed by atoms with Crippen molar-refractivity contribution < 1.29 is 18.0 Å². The maximum absolute atomic E-state index is 14.5. The van der Waals surface area contributed by atoms with Crippen LogP contribution >= 0.6 is 0 Å². The zero-order chi connectivity index (χ0) is 27.8. The van der Waals surface area contributed by atoms with E-state index in [4.69, 9.17) is 5.73 Å². The monoisotopic (exact) mass is 537 g/mol. The van der Waals surface area contributed by atoms with Gasteiger partial charge in [-0.2, -0.15) is 28.2 Å². The fourth-order valence-corrected chi connectivity index (χ4v) is 4.46. The number of nitrogens with one attached hydrogen (secondary N) is 2. The highest BCUT2D eigenvalue weighted by atomic mass is 19.4. The number of nitrogens with zero attached hydrogens (tertiary/aromatic N) is 6. The van der Waals surface area contributed by atoms with E-state index in [2.05, 4.69) is 30.7 Å². The second kappa shape index (κ2) is 9.89. The third-order valence-electron chi connectivity index (χ3n) is 6.41. The van der Waals surface area contributed by atoms with Gasteiger partial charge < -0.3 is 20.9 Å². The minimum Gasteiger partial charge on any atom is -0.368 e. The molecule has 5 rings (SSSR count). The lowest BCUT2D eigenvalue weighted by Gasteiger charge is -2.35. The number of carbonyl (C=O) groups is 1. The highest BCUT2D eigenvalue weighted by Crippen LogP contribution is 2.42. The molecule has 1 unspecified atom stereocenters. The molecule has 0 fully saturated rings. The lowest BCUT2D eigenvalue weighted by Crippen LogP contribution is -2.51. The largest absolute Gasteiger partial charge is 0.415 e. The summed E-state index contributed by atoms with van der Waals surface area (Å²) in [5.74, 6) is -0.310. The third kappa shape index (κ3) is 5.07. The van der Waals surface area contributed by atoms with Crippen LogP contribution in [0.25, 0.3) is 16.7 Å². The van der Waals surface area contributed by atoms with Gasteiger partial charge in [-0.15, -0.1) is 0 Å². The molecule has 1 amide bonds. The zero-order valence-corrected chi connectivity index (χ0v) is 21.2. The second-order valence-corrected chi connectivity index (χ2v) is 9.17. The molecule has 0 saturated carbocycles. The van der Waals surface area contributed by atoms with Crippen LogP contribution in [0.3, 0.4) is 0 Å². The van der Waals surface area contributed by atoms with Crippen LogP contribution in [0, 0.1) is 6.92 Å². The highest BCUT2D eigenvalue weighted by Gasteiger charge is 2.54. The quantitative estimate of drug-likeness (QED) is 0.320. The molecule has 0 bridgehead atoms. The molecule has 1 aliphatic rings. The number of imidazole rings is 1. The average Bonchev–Trinajstić information content (AvgIpc) is 3.46. The van der Waals surface area contributed by atoms with E-state index in [9.17, 15) is 18.0 Å². The van der Waals surface area contributed by atoms with E-state index < -0.39 is 17.6 Å². The number of hydrogen-bond donors (Lipinski definition) is 3. The number of alkyl halides is 3. The second-order valence-electron chi connectivity index (χ2n) is 9.17. The topological polar surface area (TPSA) is 129 Å². The molecule has 0 spiro atoms. The number of amides is 1. The molecule has 1 aliphatic carbocycles. The van der Waals surface area contributed by atoms with Crippen LogP contribution in [0.2, 0.25) is 0 Å². The van der Waals surface area contributed by atoms with Gasteiger partial charge in [0.25, 0.3) is 0 Å². The smallest absolute Gasteiger partial charge is 0.368 e. The molecule has 4 aromatic rings. The molecule has 202 valence electrons. The van der Waals surface area contributed by atoms with Crippen LogP contribution in [-0.4, -0.2) is 46.9 Å². The van der Waals surface area contributed by atoms with Crippen molar-refractivity contribution in [3.05, 3.63) is 72.2 Å². The van der Waals surface area contributed by atoms with Crippen molar-refractivity contribution in [3.63, 3.8) is 0 Å². The minimum atomic E-state index is -4.67. The Balaban J connectivity index is 1.42. The maximum atomic E-state index is 14.5. The van der Waals surface area contributed by atoms with Crippen molar-refractivity contribution >= 4 is 40.2 Å². The number of aryl methyl sites for hydroxylation is 2. The molecule has 39 heavy (non-hydrogen) atoms. The molecule has 4 N–H and O–H groups in total. The van der Waals surface area contributed by atoms with Crippen LogP contribution in [-0.2, 0) is 17.9 Å². The van der Waals surface area contributed by atoms with Crippen LogP contribution in [0.1, 0.15) is 24.6 Å². The summed E-state index contributed by atoms with van der Waals surface area (Å²) in [7, 11) is 0. The van der Waals surface area contributed by atoms with Crippen LogP contribution in [0.15, 0.2) is 61.0 Å². The number of nitrogens with two attached hydrogens (primary N) is 1. The van der Waals surface area contributed by atoms with Gasteiger partial charge in [0.2, 0.25) is 11.9 Å². The third-order valence-corrected chi connectivity index (χ3v) is 6.41. The Labute approximate surface area is 221 Å². The molecule has 0 radical (unpaired) electrons. The normalized spacial score (nSPS) is 17.3. The Morgan fingerprint density at radius 3 is 2.64 bits per heavy atom. The maximum Gasteiger partial charge on any atom is 0.415 e. The molecule has 1 aromatic carbocycles. The summed E-state index contributed by atoms with van der Waals surface area (Å²) in [6, 6.07) is 10.9. The first-order valence-electron chi connectivity index (χ1n) is 12.2. The predicted molar refractivity (Wildman–Crippen MR) is 142 cm³/mol. The SMILES string of the molecule is CCn1nc(C)cc1NC(=O)Cn1cnc2c(NC3(C(F)(F)F)C=CC(c4ccccc4)=CC3)nc(N)nc21. The first-order chi connectivity index (χ1) is 18.6. The average molecular weight is 538 g/mol. The number of fused-ring (bicyclic) bond motifs is 1. The number of halogens is 3. The molecule has 0 saturated heterocycles. The molecule has 3 heterocycles. The Morgan fingerprint density at radius 2 is 1.97 bits per heavy atom. The summed E-state index contributed by atoms with van der Waals surface area (Å²) in [4.78, 5) is 25.1. The van der Waals surface area contributed by atoms with Crippen molar-refractivity contribution in [1.82, 2.24) is 29.3 Å². The minimum absolute atomic E-state index is 0.0568. The number of nitrogen functional groups attached to an aromatic ring is 1. The number of aromatic nitrogens is 6. The van der Waals surface area contributed by atoms with Crippen molar-refractivity contribution in [2.24, 2.45) is 0 Å². The first-order valence-corrected chi connectivity index (χ1v) is 12.2. The fourth-order valence-electron chi connectivity index (χ4n) is 4.46. The lowest BCUT2D eigenvalue weighted by atomic mass is 9.86. The van der Waals surface area contributed by atoms with E-state index in [1.54, 1.807) is 10.7 Å². The van der Waals surface area contributed by atoms with E-state index in [0.29, 0.717) is 17.9 Å². The number of benzene rings is 1. The molecule has 1 atom stereocenters. The van der Waals surface area contributed by atoms with Gasteiger partial charge in [-0.25, -0.2) is 9.67 Å². The summed E-state index contributed by atoms with van der Waals surface area (Å²) in [6.45, 7) is 4.07. The molecular weight excluding hydrogens is 511 g/mol. The van der Waals surface area contributed by atoms with Gasteiger partial charge in [0.05, 0.1) is 12.0 Å². The van der Waals surface area contributed by atoms with Crippen LogP contribution in [0.4, 0.5) is 30.8 Å². The number of hydrogen-bond acceptors (Lipinski definition) is 7. The molecular formula is C26H26F3N9O. The fraction of sp³-hybridized carbons (Fsp3) is 0.269. The molecule has 13 heteroatoms. The standard InChI is InChI=1S/C26H26F3N9O/c1-3-38-19(13-16(2)36-38)32-20(39)14-37-15-31-21-22(33-24(30)34-23(21)37)35-25(26(27,28)29)11-9-18(10-12-25)17-7-5-4-6-8-17/h4-11,13,15H,3,12,14H2,1-2H3,(H,32,39)(H3,30,33,34,35). The van der Waals surface area contributed by atoms with E-state index in [0.717, 1.165) is 17.3 Å². The summed E-state index contributed by atoms with van der Waals surface area (Å²) in [5, 5.41) is 9.61. The van der Waals surface area contributed by atoms with E-state index in [1.807, 2.05) is 44.2 Å². The Hall–Kier alpha value is -4.68. The highest BCUT2D eigenvalue weighted by molar-refractivity contribution is 5.92. The molecule has 0 aliphatic heterocycles. The summed E-state index contributed by atoms with van der Waals surface area (Å²) < 4.78 is 46.4. The van der Waals surface area contributed by atoms with Crippen molar-refractivity contribution in [3.8, 4) is 0 Å². The van der Waals surface area contributed by atoms with Gasteiger partial charge >= 0.3 is 6.18 Å². The first kappa shape index (κ1) is 25.9. The summed E-state index contributed by atoms with van der Waals surface area (Å²) >= 11 is 0. The van der Waals surface area contributed by atoms with Crippen LogP contribution in [0.5, 0.6) is 0 Å². The van der Waals surface area contributed by atoms with Gasteiger partial charge in [-0.3, -0.25) is 4.79 Å². The van der Waals surface area contributed by atoms with E-state index in [-0.39, 0.29) is 35.9 Å². The zero-order valence-electron chi connectivity index (χ0n) is 21.2. The van der Waals surface area contributed by atoms with Crippen LogP contribution < -0.4 is 16.4 Å². The van der Waals surface area contributed by atoms with Gasteiger partial charge in [0, 0.05) is 19.0 Å². The number of carbonyl (C=O) groups excluding carboxylic acids is 1. The van der Waals surface area contributed by atoms with Gasteiger partial charge in [-0.05, 0) is 31.1 Å². The van der Waals surface area contributed by atoms with E-state index >= 15 is 0 Å². The summed E-state index contributed by atoms with van der Waals surface area (Å²) in [5.41, 5.74) is 5.85. The predicted octanol–water partition coefficient (Wildman–Crippen LogP) is 4.33.